The third-order valence-electron chi connectivity index (χ3n) is 4.79. The molecule has 1 aromatic heterocycles. The van der Waals surface area contributed by atoms with E-state index in [4.69, 9.17) is 4.74 Å². The lowest BCUT2D eigenvalue weighted by Crippen LogP contribution is -2.19. The van der Waals surface area contributed by atoms with Gasteiger partial charge in [-0.05, 0) is 42.8 Å². The molecule has 0 spiro atoms. The van der Waals surface area contributed by atoms with E-state index in [9.17, 15) is 9.90 Å². The maximum Gasteiger partial charge on any atom is 0.289 e. The molecule has 0 aliphatic carbocycles. The summed E-state index contributed by atoms with van der Waals surface area (Å²) in [5.74, 6) is 0.433. The van der Waals surface area contributed by atoms with Crippen LogP contribution >= 0.6 is 0 Å². The van der Waals surface area contributed by atoms with Crippen LogP contribution in [0.3, 0.4) is 0 Å². The quantitative estimate of drug-likeness (QED) is 0.299. The first kappa shape index (κ1) is 20.9. The molecule has 160 valence electrons. The molecule has 7 heteroatoms. The number of amides is 1. The molecule has 0 atom stereocenters. The molecule has 0 aliphatic heterocycles. The summed E-state index contributed by atoms with van der Waals surface area (Å²) in [6, 6.07) is 25.8. The smallest absolute Gasteiger partial charge is 0.289 e. The highest BCUT2D eigenvalue weighted by Gasteiger charge is 2.12. The summed E-state index contributed by atoms with van der Waals surface area (Å²) in [7, 11) is 0. The number of hydrogen-bond acceptors (Lipinski definition) is 5. The predicted molar refractivity (Wildman–Crippen MR) is 123 cm³/mol. The molecular weight excluding hydrogens is 404 g/mol. The van der Waals surface area contributed by atoms with Crippen LogP contribution in [0.25, 0.3) is 11.3 Å². The molecule has 0 radical (unpaired) electrons. The second kappa shape index (κ2) is 9.61. The fourth-order valence-electron chi connectivity index (χ4n) is 3.06. The third-order valence-corrected chi connectivity index (χ3v) is 4.79. The third kappa shape index (κ3) is 5.20. The van der Waals surface area contributed by atoms with Gasteiger partial charge in [0.2, 0.25) is 0 Å². The average Bonchev–Trinajstić information content (AvgIpc) is 3.32. The Morgan fingerprint density at radius 2 is 1.84 bits per heavy atom. The van der Waals surface area contributed by atoms with Crippen LogP contribution < -0.4 is 10.2 Å². The summed E-state index contributed by atoms with van der Waals surface area (Å²) in [6.45, 7) is 2.21. The maximum absolute atomic E-state index is 12.5. The number of carbonyl (C=O) groups excluding carboxylic acids is 1. The Balaban J connectivity index is 1.42. The summed E-state index contributed by atoms with van der Waals surface area (Å²) in [6.07, 6.45) is 0. The van der Waals surface area contributed by atoms with E-state index in [0.717, 1.165) is 11.1 Å². The standard InChI is InChI=1S/C25H22N4O3/c1-17(19-9-5-11-21(30)13-19)26-29-25(31)24-15-23(27-28-24)20-10-6-12-22(14-20)32-16-18-7-3-2-4-8-18/h2-15,30H,16H2,1H3,(H,27,28)(H,29,31)/b26-17+. The number of phenols is 1. The van der Waals surface area contributed by atoms with Crippen molar-refractivity contribution in [2.24, 2.45) is 5.10 Å². The lowest BCUT2D eigenvalue weighted by atomic mass is 10.1. The van der Waals surface area contributed by atoms with Crippen molar-refractivity contribution in [3.05, 3.63) is 102 Å². The van der Waals surface area contributed by atoms with Gasteiger partial charge in [0, 0.05) is 11.1 Å². The van der Waals surface area contributed by atoms with Crippen molar-refractivity contribution in [1.29, 1.82) is 0 Å². The minimum Gasteiger partial charge on any atom is -0.508 e. The van der Waals surface area contributed by atoms with Crippen molar-refractivity contribution in [3.63, 3.8) is 0 Å². The summed E-state index contributed by atoms with van der Waals surface area (Å²) < 4.78 is 5.87. The molecule has 4 aromatic rings. The number of benzene rings is 3. The zero-order valence-electron chi connectivity index (χ0n) is 17.4. The molecule has 32 heavy (non-hydrogen) atoms. The van der Waals surface area contributed by atoms with E-state index in [1.165, 1.54) is 0 Å². The van der Waals surface area contributed by atoms with Crippen LogP contribution in [-0.2, 0) is 6.61 Å². The van der Waals surface area contributed by atoms with Crippen molar-refractivity contribution < 1.29 is 14.6 Å². The number of nitrogens with one attached hydrogen (secondary N) is 2. The topological polar surface area (TPSA) is 99.6 Å². The molecule has 4 rings (SSSR count). The van der Waals surface area contributed by atoms with Gasteiger partial charge in [0.1, 0.15) is 23.8 Å². The minimum absolute atomic E-state index is 0.136. The SMILES string of the molecule is C/C(=N\NC(=O)c1cc(-c2cccc(OCc3ccccc3)c2)n[nH]1)c1cccc(O)c1. The van der Waals surface area contributed by atoms with E-state index < -0.39 is 5.91 Å². The van der Waals surface area contributed by atoms with Gasteiger partial charge in [0.25, 0.3) is 5.91 Å². The highest BCUT2D eigenvalue weighted by Crippen LogP contribution is 2.23. The van der Waals surface area contributed by atoms with E-state index in [1.54, 1.807) is 37.3 Å². The van der Waals surface area contributed by atoms with Crippen molar-refractivity contribution in [1.82, 2.24) is 15.6 Å². The average molecular weight is 426 g/mol. The Morgan fingerprint density at radius 3 is 2.66 bits per heavy atom. The summed E-state index contributed by atoms with van der Waals surface area (Å²) >= 11 is 0. The number of ether oxygens (including phenoxy) is 1. The number of phenolic OH excluding ortho intramolecular Hbond substituents is 1. The van der Waals surface area contributed by atoms with Crippen molar-refractivity contribution in [3.8, 4) is 22.8 Å². The van der Waals surface area contributed by atoms with Crippen LogP contribution in [0.5, 0.6) is 11.5 Å². The van der Waals surface area contributed by atoms with Gasteiger partial charge in [0.05, 0.1) is 11.4 Å². The second-order valence-electron chi connectivity index (χ2n) is 7.16. The molecule has 0 bridgehead atoms. The molecule has 3 N–H and O–H groups in total. The number of aromatic hydroxyl groups is 1. The number of aromatic nitrogens is 2. The van der Waals surface area contributed by atoms with E-state index in [-0.39, 0.29) is 11.4 Å². The van der Waals surface area contributed by atoms with Gasteiger partial charge < -0.3 is 9.84 Å². The lowest BCUT2D eigenvalue weighted by Gasteiger charge is -2.07. The maximum atomic E-state index is 12.5. The van der Waals surface area contributed by atoms with Crippen molar-refractivity contribution in [2.75, 3.05) is 0 Å². The Bertz CT molecular complexity index is 1250. The van der Waals surface area contributed by atoms with Crippen molar-refractivity contribution in [2.45, 2.75) is 13.5 Å². The molecule has 7 nitrogen and oxygen atoms in total. The molecule has 1 amide bonds. The number of H-pyrrole nitrogens is 1. The first-order valence-corrected chi connectivity index (χ1v) is 10.0. The Morgan fingerprint density at radius 1 is 1.03 bits per heavy atom. The predicted octanol–water partition coefficient (Wildman–Crippen LogP) is 4.52. The van der Waals surface area contributed by atoms with Crippen LogP contribution in [0.15, 0.2) is 90.0 Å². The van der Waals surface area contributed by atoms with E-state index in [2.05, 4.69) is 20.7 Å². The first-order chi connectivity index (χ1) is 15.6. The normalized spacial score (nSPS) is 11.2. The number of hydrazone groups is 1. The van der Waals surface area contributed by atoms with Gasteiger partial charge in [-0.2, -0.15) is 10.2 Å². The van der Waals surface area contributed by atoms with Gasteiger partial charge in [-0.1, -0.05) is 54.6 Å². The molecule has 0 aliphatic rings. The molecule has 0 unspecified atom stereocenters. The van der Waals surface area contributed by atoms with E-state index >= 15 is 0 Å². The lowest BCUT2D eigenvalue weighted by molar-refractivity contribution is 0.0950. The second-order valence-corrected chi connectivity index (χ2v) is 7.16. The fraction of sp³-hybridized carbons (Fsp3) is 0.0800. The van der Waals surface area contributed by atoms with Gasteiger partial charge in [0.15, 0.2) is 0 Å². The van der Waals surface area contributed by atoms with Gasteiger partial charge in [-0.25, -0.2) is 5.43 Å². The first-order valence-electron chi connectivity index (χ1n) is 10.0. The number of hydrogen-bond donors (Lipinski definition) is 3. The van der Waals surface area contributed by atoms with Gasteiger partial charge >= 0.3 is 0 Å². The van der Waals surface area contributed by atoms with Gasteiger partial charge in [-0.15, -0.1) is 0 Å². The van der Waals surface area contributed by atoms with Crippen LogP contribution in [0.1, 0.15) is 28.5 Å². The molecule has 3 aromatic carbocycles. The summed E-state index contributed by atoms with van der Waals surface area (Å²) in [5, 5.41) is 20.7. The van der Waals surface area contributed by atoms with Crippen molar-refractivity contribution >= 4 is 11.6 Å². The largest absolute Gasteiger partial charge is 0.508 e. The summed E-state index contributed by atoms with van der Waals surface area (Å²) in [5.41, 5.74) is 6.59. The monoisotopic (exact) mass is 426 g/mol. The summed E-state index contributed by atoms with van der Waals surface area (Å²) in [4.78, 5) is 12.5. The number of nitrogens with zero attached hydrogens (tertiary/aromatic N) is 2. The molecule has 0 saturated carbocycles. The number of aromatic amines is 1. The van der Waals surface area contributed by atoms with Crippen LogP contribution in [0.4, 0.5) is 0 Å². The zero-order chi connectivity index (χ0) is 22.3. The number of carbonyl (C=O) groups is 1. The van der Waals surface area contributed by atoms with Crippen LogP contribution in [-0.4, -0.2) is 26.9 Å². The number of rotatable bonds is 7. The Kier molecular flexibility index (Phi) is 6.27. The van der Waals surface area contributed by atoms with Crippen LogP contribution in [0, 0.1) is 0 Å². The fourth-order valence-corrected chi connectivity index (χ4v) is 3.06. The highest BCUT2D eigenvalue weighted by atomic mass is 16.5. The Labute approximate surface area is 185 Å². The van der Waals surface area contributed by atoms with Gasteiger partial charge in [-0.3, -0.25) is 9.89 Å². The molecule has 0 fully saturated rings. The van der Waals surface area contributed by atoms with E-state index in [0.29, 0.717) is 29.3 Å². The highest BCUT2D eigenvalue weighted by molar-refractivity contribution is 6.00. The minimum atomic E-state index is -0.417. The zero-order valence-corrected chi connectivity index (χ0v) is 17.4. The van der Waals surface area contributed by atoms with E-state index in [1.807, 2.05) is 54.6 Å². The molecule has 1 heterocycles. The molecular formula is C25H22N4O3. The van der Waals surface area contributed by atoms with Crippen LogP contribution in [0.2, 0.25) is 0 Å². The molecule has 0 saturated heterocycles. The Hall–Kier alpha value is -4.39.